The first-order valence-corrected chi connectivity index (χ1v) is 14.9. The SMILES string of the molecule is COc1ccc(C2(c3ccc(OC)cc3)C=Cc3c4c(c5ccc(OC)cc5c3O2)-c2ccc(CO)cc2C4OCCO)cc1. The zero-order chi connectivity index (χ0) is 31.1. The first-order chi connectivity index (χ1) is 22.0. The number of benzene rings is 5. The number of rotatable bonds is 9. The number of hydrogen-bond donors (Lipinski definition) is 2. The van der Waals surface area contributed by atoms with Gasteiger partial charge < -0.3 is 33.9 Å². The Kier molecular flexibility index (Phi) is 7.45. The van der Waals surface area contributed by atoms with Gasteiger partial charge in [-0.05, 0) is 82.2 Å². The summed E-state index contributed by atoms with van der Waals surface area (Å²) < 4.78 is 30.3. The minimum absolute atomic E-state index is 0.0817. The molecule has 5 aromatic rings. The lowest BCUT2D eigenvalue weighted by Crippen LogP contribution is -2.34. The number of ether oxygens (including phenoxy) is 5. The molecular weight excluding hydrogens is 568 g/mol. The quantitative estimate of drug-likeness (QED) is 0.192. The van der Waals surface area contributed by atoms with Crippen LogP contribution in [0.4, 0.5) is 0 Å². The Balaban J connectivity index is 1.52. The van der Waals surface area contributed by atoms with Gasteiger partial charge >= 0.3 is 0 Å². The third-order valence-electron chi connectivity index (χ3n) is 8.82. The van der Waals surface area contributed by atoms with Crippen LogP contribution in [0.25, 0.3) is 28.0 Å². The molecule has 7 rings (SSSR count). The van der Waals surface area contributed by atoms with Crippen LogP contribution in [-0.4, -0.2) is 44.8 Å². The number of fused-ring (bicyclic) bond motifs is 8. The van der Waals surface area contributed by atoms with Crippen molar-refractivity contribution in [3.8, 4) is 34.1 Å². The first kappa shape index (κ1) is 28.9. The third kappa shape index (κ3) is 4.63. The van der Waals surface area contributed by atoms with Crippen LogP contribution in [0.5, 0.6) is 23.0 Å². The van der Waals surface area contributed by atoms with E-state index in [1.807, 2.05) is 78.9 Å². The molecule has 1 unspecified atom stereocenters. The second-order valence-corrected chi connectivity index (χ2v) is 11.1. The summed E-state index contributed by atoms with van der Waals surface area (Å²) in [5, 5.41) is 21.6. The van der Waals surface area contributed by atoms with E-state index in [1.165, 1.54) is 0 Å². The van der Waals surface area contributed by atoms with Gasteiger partial charge in [-0.3, -0.25) is 0 Å². The van der Waals surface area contributed by atoms with Crippen LogP contribution in [0.3, 0.4) is 0 Å². The number of aliphatic hydroxyl groups excluding tert-OH is 2. The Hall–Kier alpha value is -4.82. The summed E-state index contributed by atoms with van der Waals surface area (Å²) in [4.78, 5) is 0. The van der Waals surface area contributed by atoms with Gasteiger partial charge in [-0.2, -0.15) is 0 Å². The highest BCUT2D eigenvalue weighted by atomic mass is 16.5. The maximum Gasteiger partial charge on any atom is 0.178 e. The molecule has 0 spiro atoms. The molecule has 1 heterocycles. The molecular formula is C38H34O7. The average molecular weight is 603 g/mol. The van der Waals surface area contributed by atoms with Crippen molar-refractivity contribution >= 4 is 16.8 Å². The molecule has 5 aromatic carbocycles. The van der Waals surface area contributed by atoms with Crippen molar-refractivity contribution in [2.45, 2.75) is 18.3 Å². The second-order valence-electron chi connectivity index (χ2n) is 11.1. The summed E-state index contributed by atoms with van der Waals surface area (Å²) in [7, 11) is 4.96. The van der Waals surface area contributed by atoms with E-state index in [0.29, 0.717) is 11.5 Å². The molecule has 0 amide bonds. The van der Waals surface area contributed by atoms with Crippen molar-refractivity contribution < 1.29 is 33.9 Å². The molecule has 2 N–H and O–H groups in total. The van der Waals surface area contributed by atoms with Crippen LogP contribution in [0.2, 0.25) is 0 Å². The summed E-state index contributed by atoms with van der Waals surface area (Å²) >= 11 is 0. The highest BCUT2D eigenvalue weighted by Gasteiger charge is 2.42. The topological polar surface area (TPSA) is 86.6 Å². The summed E-state index contributed by atoms with van der Waals surface area (Å²) in [6.45, 7) is -0.0333. The number of methoxy groups -OCH3 is 3. The standard InChI is InChI=1S/C38H34O7/c1-41-26-9-5-24(6-10-26)38(25-7-11-27(42-2)12-8-25)17-16-31-35-34(30-15-13-28(43-3)21-33(30)36(31)45-38)29-14-4-23(22-40)20-32(29)37(35)44-19-18-39/h4-17,20-21,37,39-40H,18-19,22H2,1-3H3. The minimum atomic E-state index is -0.979. The van der Waals surface area contributed by atoms with E-state index in [2.05, 4.69) is 18.2 Å². The fraction of sp³-hybridized carbons (Fsp3) is 0.211. The van der Waals surface area contributed by atoms with E-state index in [9.17, 15) is 10.2 Å². The maximum atomic E-state index is 9.97. The van der Waals surface area contributed by atoms with Gasteiger partial charge in [-0.1, -0.05) is 42.5 Å². The lowest BCUT2D eigenvalue weighted by Gasteiger charge is -2.38. The number of hydrogen-bond acceptors (Lipinski definition) is 7. The fourth-order valence-electron chi connectivity index (χ4n) is 6.65. The van der Waals surface area contributed by atoms with Crippen molar-refractivity contribution in [2.24, 2.45) is 0 Å². The molecule has 45 heavy (non-hydrogen) atoms. The van der Waals surface area contributed by atoms with Gasteiger partial charge in [0.2, 0.25) is 0 Å². The van der Waals surface area contributed by atoms with Gasteiger partial charge in [0.15, 0.2) is 5.60 Å². The highest BCUT2D eigenvalue weighted by Crippen LogP contribution is 2.57. The molecule has 7 nitrogen and oxygen atoms in total. The van der Waals surface area contributed by atoms with Crippen LogP contribution in [0.15, 0.2) is 91.0 Å². The maximum absolute atomic E-state index is 9.97. The molecule has 0 fully saturated rings. The van der Waals surface area contributed by atoms with Gasteiger partial charge in [-0.15, -0.1) is 0 Å². The first-order valence-electron chi connectivity index (χ1n) is 14.9. The Morgan fingerprint density at radius 3 is 1.98 bits per heavy atom. The van der Waals surface area contributed by atoms with E-state index >= 15 is 0 Å². The van der Waals surface area contributed by atoms with Gasteiger partial charge in [0.05, 0.1) is 41.2 Å². The fourth-order valence-corrected chi connectivity index (χ4v) is 6.65. The molecule has 1 atom stereocenters. The van der Waals surface area contributed by atoms with Gasteiger partial charge in [0.25, 0.3) is 0 Å². The molecule has 0 bridgehead atoms. The van der Waals surface area contributed by atoms with E-state index in [1.54, 1.807) is 21.3 Å². The molecule has 2 aliphatic rings. The van der Waals surface area contributed by atoms with Gasteiger partial charge in [0, 0.05) is 27.6 Å². The van der Waals surface area contributed by atoms with Crippen LogP contribution in [-0.2, 0) is 16.9 Å². The largest absolute Gasteiger partial charge is 0.497 e. The third-order valence-corrected chi connectivity index (χ3v) is 8.82. The summed E-state index contributed by atoms with van der Waals surface area (Å²) in [6.07, 6.45) is 3.76. The minimum Gasteiger partial charge on any atom is -0.497 e. The lowest BCUT2D eigenvalue weighted by atomic mass is 9.81. The Labute approximate surface area is 261 Å². The zero-order valence-electron chi connectivity index (χ0n) is 25.4. The molecule has 0 saturated heterocycles. The zero-order valence-corrected chi connectivity index (χ0v) is 25.4. The van der Waals surface area contributed by atoms with Crippen molar-refractivity contribution in [3.05, 3.63) is 124 Å². The van der Waals surface area contributed by atoms with Crippen molar-refractivity contribution in [2.75, 3.05) is 34.5 Å². The monoisotopic (exact) mass is 602 g/mol. The molecule has 7 heteroatoms. The Morgan fingerprint density at radius 1 is 0.733 bits per heavy atom. The molecule has 0 saturated carbocycles. The van der Waals surface area contributed by atoms with Crippen LogP contribution in [0, 0.1) is 0 Å². The highest BCUT2D eigenvalue weighted by molar-refractivity contribution is 6.08. The summed E-state index contributed by atoms with van der Waals surface area (Å²) in [5.41, 5.74) is 6.56. The Bertz CT molecular complexity index is 1860. The van der Waals surface area contributed by atoms with Crippen LogP contribution >= 0.6 is 0 Å². The molecule has 0 radical (unpaired) electrons. The van der Waals surface area contributed by atoms with Crippen molar-refractivity contribution in [1.82, 2.24) is 0 Å². The van der Waals surface area contributed by atoms with Gasteiger partial charge in [-0.25, -0.2) is 0 Å². The predicted molar refractivity (Wildman–Crippen MR) is 173 cm³/mol. The normalized spacial score (nSPS) is 15.6. The second kappa shape index (κ2) is 11.6. The Morgan fingerprint density at radius 2 is 1.38 bits per heavy atom. The van der Waals surface area contributed by atoms with Crippen LogP contribution in [0.1, 0.15) is 39.5 Å². The van der Waals surface area contributed by atoms with Crippen molar-refractivity contribution in [3.63, 3.8) is 0 Å². The van der Waals surface area contributed by atoms with E-state index < -0.39 is 11.7 Å². The van der Waals surface area contributed by atoms with Crippen molar-refractivity contribution in [1.29, 1.82) is 0 Å². The predicted octanol–water partition coefficient (Wildman–Crippen LogP) is 6.79. The molecule has 1 aliphatic carbocycles. The molecule has 228 valence electrons. The smallest absolute Gasteiger partial charge is 0.178 e. The molecule has 1 aliphatic heterocycles. The number of aliphatic hydroxyl groups is 2. The molecule has 0 aromatic heterocycles. The van der Waals surface area contributed by atoms with E-state index in [0.717, 1.165) is 66.8 Å². The van der Waals surface area contributed by atoms with E-state index in [4.69, 9.17) is 23.7 Å². The summed E-state index contributed by atoms with van der Waals surface area (Å²) in [5.74, 6) is 2.91. The summed E-state index contributed by atoms with van der Waals surface area (Å²) in [6, 6.07) is 27.8. The van der Waals surface area contributed by atoms with Gasteiger partial charge in [0.1, 0.15) is 29.1 Å². The lowest BCUT2D eigenvalue weighted by molar-refractivity contribution is 0.0519. The average Bonchev–Trinajstić information content (AvgIpc) is 3.43. The van der Waals surface area contributed by atoms with E-state index in [-0.39, 0.29) is 19.8 Å². The van der Waals surface area contributed by atoms with Crippen LogP contribution < -0.4 is 18.9 Å².